The van der Waals surface area contributed by atoms with E-state index in [1.54, 1.807) is 7.11 Å². The largest absolute Gasteiger partial charge is 0.383 e. The molecule has 1 unspecified atom stereocenters. The van der Waals surface area contributed by atoms with E-state index in [0.29, 0.717) is 18.7 Å². The van der Waals surface area contributed by atoms with Gasteiger partial charge in [0.2, 0.25) is 0 Å². The Kier molecular flexibility index (Phi) is 7.07. The van der Waals surface area contributed by atoms with Gasteiger partial charge in [0.15, 0.2) is 11.6 Å². The quantitative estimate of drug-likeness (QED) is 0.823. The second-order valence-corrected chi connectivity index (χ2v) is 6.36. The van der Waals surface area contributed by atoms with E-state index in [-0.39, 0.29) is 24.8 Å². The topological polar surface area (TPSA) is 62.3 Å². The smallest absolute Gasteiger partial charge is 0.172 e. The molecular weight excluding hydrogens is 361 g/mol. The van der Waals surface area contributed by atoms with Crippen LogP contribution >= 0.6 is 24.8 Å². The van der Waals surface area contributed by atoms with Crippen LogP contribution in [0.25, 0.3) is 11.0 Å². The van der Waals surface area contributed by atoms with Gasteiger partial charge in [-0.1, -0.05) is 12.1 Å². The van der Waals surface area contributed by atoms with E-state index in [1.165, 1.54) is 12.8 Å². The first-order valence-electron chi connectivity index (χ1n) is 8.34. The number of benzene rings is 1. The average Bonchev–Trinajstić information content (AvgIpc) is 3.39. The first kappa shape index (κ1) is 20.0. The summed E-state index contributed by atoms with van der Waals surface area (Å²) in [6.45, 7) is 3.47. The number of piperazine rings is 1. The Morgan fingerprint density at radius 3 is 2.60 bits per heavy atom. The van der Waals surface area contributed by atoms with Gasteiger partial charge in [0.05, 0.1) is 17.6 Å². The number of hydrogen-bond acceptors (Lipinski definition) is 6. The molecule has 0 amide bonds. The van der Waals surface area contributed by atoms with Gasteiger partial charge < -0.3 is 20.3 Å². The number of nitrogens with one attached hydrogen (secondary N) is 2. The van der Waals surface area contributed by atoms with Crippen LogP contribution in [-0.4, -0.2) is 55.4 Å². The SMILES string of the molecule is COCC1CN(c2nc3ccccc3nc2NC2CC2)CCN1.Cl.Cl. The number of halogens is 2. The van der Waals surface area contributed by atoms with E-state index >= 15 is 0 Å². The van der Waals surface area contributed by atoms with Crippen molar-refractivity contribution in [1.29, 1.82) is 0 Å². The number of ether oxygens (including phenoxy) is 1. The standard InChI is InChI=1S/C17H23N5O.2ClH/c1-23-11-13-10-22(9-8-18-13)17-16(19-12-6-7-12)20-14-4-2-3-5-15(14)21-17;;/h2-5,12-13,18H,6-11H2,1H3,(H,19,20);2*1H. The molecule has 1 aromatic carbocycles. The third-order valence-corrected chi connectivity index (χ3v) is 4.39. The van der Waals surface area contributed by atoms with Gasteiger partial charge in [-0.2, -0.15) is 0 Å². The van der Waals surface area contributed by atoms with E-state index in [2.05, 4.69) is 15.5 Å². The minimum atomic E-state index is 0. The second kappa shape index (κ2) is 8.85. The summed E-state index contributed by atoms with van der Waals surface area (Å²) in [6.07, 6.45) is 2.45. The second-order valence-electron chi connectivity index (χ2n) is 6.36. The molecule has 4 rings (SSSR count). The first-order valence-corrected chi connectivity index (χ1v) is 8.34. The molecule has 2 fully saturated rings. The van der Waals surface area contributed by atoms with Crippen LogP contribution in [0.2, 0.25) is 0 Å². The first-order chi connectivity index (χ1) is 11.3. The highest BCUT2D eigenvalue weighted by Crippen LogP contribution is 2.31. The van der Waals surface area contributed by atoms with Gasteiger partial charge in [0.25, 0.3) is 0 Å². The predicted octanol–water partition coefficient (Wildman–Crippen LogP) is 2.47. The Hall–Kier alpha value is -1.34. The fourth-order valence-corrected chi connectivity index (χ4v) is 3.06. The highest BCUT2D eigenvalue weighted by molar-refractivity contribution is 5.85. The highest BCUT2D eigenvalue weighted by Gasteiger charge is 2.27. The maximum absolute atomic E-state index is 5.30. The molecule has 2 heterocycles. The van der Waals surface area contributed by atoms with Gasteiger partial charge in [-0.25, -0.2) is 9.97 Å². The molecule has 0 radical (unpaired) electrons. The van der Waals surface area contributed by atoms with Crippen LogP contribution in [0.15, 0.2) is 24.3 Å². The summed E-state index contributed by atoms with van der Waals surface area (Å²) in [6, 6.07) is 8.96. The van der Waals surface area contributed by atoms with Crippen LogP contribution in [0, 0.1) is 0 Å². The van der Waals surface area contributed by atoms with Gasteiger partial charge >= 0.3 is 0 Å². The lowest BCUT2D eigenvalue weighted by Crippen LogP contribution is -2.53. The zero-order chi connectivity index (χ0) is 15.6. The van der Waals surface area contributed by atoms with Crippen molar-refractivity contribution in [3.63, 3.8) is 0 Å². The zero-order valence-corrected chi connectivity index (χ0v) is 15.9. The van der Waals surface area contributed by atoms with E-state index in [9.17, 15) is 0 Å². The summed E-state index contributed by atoms with van der Waals surface area (Å²) in [5, 5.41) is 7.05. The lowest BCUT2D eigenvalue weighted by Gasteiger charge is -2.35. The number of aromatic nitrogens is 2. The minimum absolute atomic E-state index is 0. The van der Waals surface area contributed by atoms with Gasteiger partial charge in [-0.05, 0) is 25.0 Å². The molecule has 8 heteroatoms. The highest BCUT2D eigenvalue weighted by atomic mass is 35.5. The third kappa shape index (κ3) is 4.64. The normalized spacial score (nSPS) is 19.9. The van der Waals surface area contributed by atoms with Crippen molar-refractivity contribution in [1.82, 2.24) is 15.3 Å². The molecule has 25 heavy (non-hydrogen) atoms. The molecule has 1 aromatic heterocycles. The van der Waals surface area contributed by atoms with Crippen LogP contribution in [0.5, 0.6) is 0 Å². The molecule has 1 atom stereocenters. The number of nitrogens with zero attached hydrogens (tertiary/aromatic N) is 3. The molecule has 0 bridgehead atoms. The number of fused-ring (bicyclic) bond motifs is 1. The maximum Gasteiger partial charge on any atom is 0.172 e. The van der Waals surface area contributed by atoms with Gasteiger partial charge in [0, 0.05) is 38.8 Å². The van der Waals surface area contributed by atoms with Crippen molar-refractivity contribution >= 4 is 47.5 Å². The summed E-state index contributed by atoms with van der Waals surface area (Å²) >= 11 is 0. The summed E-state index contributed by atoms with van der Waals surface area (Å²) in [5.74, 6) is 1.89. The number of rotatable bonds is 5. The molecule has 1 aliphatic carbocycles. The molecule has 6 nitrogen and oxygen atoms in total. The lowest BCUT2D eigenvalue weighted by atomic mass is 10.2. The number of anilines is 2. The molecule has 2 aliphatic rings. The van der Waals surface area contributed by atoms with Crippen LogP contribution < -0.4 is 15.5 Å². The van der Waals surface area contributed by atoms with Crippen molar-refractivity contribution in [2.24, 2.45) is 0 Å². The fourth-order valence-electron chi connectivity index (χ4n) is 3.06. The Balaban J connectivity index is 0.00000113. The van der Waals surface area contributed by atoms with E-state index < -0.39 is 0 Å². The molecule has 1 saturated carbocycles. The van der Waals surface area contributed by atoms with Gasteiger partial charge in [0.1, 0.15) is 0 Å². The van der Waals surface area contributed by atoms with E-state index in [4.69, 9.17) is 14.7 Å². The predicted molar refractivity (Wildman–Crippen MR) is 107 cm³/mol. The third-order valence-electron chi connectivity index (χ3n) is 4.39. The van der Waals surface area contributed by atoms with Crippen molar-refractivity contribution in [2.45, 2.75) is 24.9 Å². The van der Waals surface area contributed by atoms with Crippen LogP contribution in [-0.2, 0) is 4.74 Å². The minimum Gasteiger partial charge on any atom is -0.383 e. The summed E-state index contributed by atoms with van der Waals surface area (Å²) < 4.78 is 5.30. The molecule has 1 aliphatic heterocycles. The van der Waals surface area contributed by atoms with Crippen molar-refractivity contribution in [3.05, 3.63) is 24.3 Å². The van der Waals surface area contributed by atoms with Crippen LogP contribution in [0.1, 0.15) is 12.8 Å². The molecule has 0 spiro atoms. The molecular formula is C17H25Cl2N5O. The average molecular weight is 386 g/mol. The maximum atomic E-state index is 5.30. The summed E-state index contributed by atoms with van der Waals surface area (Å²) in [7, 11) is 1.75. The van der Waals surface area contributed by atoms with Crippen molar-refractivity contribution in [3.8, 4) is 0 Å². The number of para-hydroxylation sites is 2. The van der Waals surface area contributed by atoms with E-state index in [1.807, 2.05) is 24.3 Å². The molecule has 1 saturated heterocycles. The number of methoxy groups -OCH3 is 1. The Labute approximate surface area is 160 Å². The number of hydrogen-bond donors (Lipinski definition) is 2. The summed E-state index contributed by atoms with van der Waals surface area (Å²) in [5.41, 5.74) is 1.90. The lowest BCUT2D eigenvalue weighted by molar-refractivity contribution is 0.163. The van der Waals surface area contributed by atoms with E-state index in [0.717, 1.165) is 42.3 Å². The molecule has 2 N–H and O–H groups in total. The molecule has 138 valence electrons. The van der Waals surface area contributed by atoms with Crippen LogP contribution in [0.3, 0.4) is 0 Å². The van der Waals surface area contributed by atoms with Gasteiger partial charge in [-0.3, -0.25) is 0 Å². The Morgan fingerprint density at radius 1 is 1.20 bits per heavy atom. The van der Waals surface area contributed by atoms with Crippen molar-refractivity contribution < 1.29 is 4.74 Å². The monoisotopic (exact) mass is 385 g/mol. The Morgan fingerprint density at radius 2 is 1.92 bits per heavy atom. The summed E-state index contributed by atoms with van der Waals surface area (Å²) in [4.78, 5) is 12.1. The van der Waals surface area contributed by atoms with Crippen LogP contribution in [0.4, 0.5) is 11.6 Å². The zero-order valence-electron chi connectivity index (χ0n) is 14.3. The molecule has 2 aromatic rings. The fraction of sp³-hybridized carbons (Fsp3) is 0.529. The van der Waals surface area contributed by atoms with Crippen molar-refractivity contribution in [2.75, 3.05) is 43.6 Å². The van der Waals surface area contributed by atoms with Gasteiger partial charge in [-0.15, -0.1) is 24.8 Å². The Bertz CT molecular complexity index is 696.